The number of aromatic nitrogens is 1. The number of nitrogens with zero attached hydrogens (tertiary/aromatic N) is 3. The normalized spacial score (nSPS) is 28.0. The number of likely N-dealkylation sites (tertiary alicyclic amines) is 1. The van der Waals surface area contributed by atoms with Crippen LogP contribution in [0.5, 0.6) is 0 Å². The average Bonchev–Trinajstić information content (AvgIpc) is 2.42. The fourth-order valence-electron chi connectivity index (χ4n) is 3.20. The summed E-state index contributed by atoms with van der Waals surface area (Å²) in [5, 5.41) is 0. The summed E-state index contributed by atoms with van der Waals surface area (Å²) in [6.07, 6.45) is 2.26. The van der Waals surface area contributed by atoms with Crippen molar-refractivity contribution in [1.29, 1.82) is 0 Å². The van der Waals surface area contributed by atoms with Crippen molar-refractivity contribution in [3.8, 4) is 0 Å². The average molecular weight is 276 g/mol. The predicted molar refractivity (Wildman–Crippen MR) is 83.6 cm³/mol. The van der Waals surface area contributed by atoms with Crippen molar-refractivity contribution < 1.29 is 0 Å². The molecule has 2 atom stereocenters. The molecule has 0 amide bonds. The first-order valence-electron chi connectivity index (χ1n) is 7.51. The second-order valence-corrected chi connectivity index (χ2v) is 6.34. The first-order valence-corrected chi connectivity index (χ1v) is 7.51. The highest BCUT2D eigenvalue weighted by Crippen LogP contribution is 2.31. The van der Waals surface area contributed by atoms with Gasteiger partial charge in [-0.05, 0) is 59.5 Å². The molecular formula is C16H28N4. The van der Waals surface area contributed by atoms with Crippen molar-refractivity contribution in [2.24, 2.45) is 5.73 Å². The molecule has 1 aromatic rings. The van der Waals surface area contributed by atoms with Crippen molar-refractivity contribution in [3.63, 3.8) is 0 Å². The van der Waals surface area contributed by atoms with Gasteiger partial charge in [0.2, 0.25) is 0 Å². The third kappa shape index (κ3) is 3.19. The van der Waals surface area contributed by atoms with Gasteiger partial charge in [0.05, 0.1) is 5.69 Å². The van der Waals surface area contributed by atoms with E-state index in [0.717, 1.165) is 37.3 Å². The van der Waals surface area contributed by atoms with Crippen molar-refractivity contribution in [3.05, 3.63) is 29.6 Å². The van der Waals surface area contributed by atoms with Crippen molar-refractivity contribution in [2.75, 3.05) is 27.2 Å². The molecule has 0 radical (unpaired) electrons. The fourth-order valence-corrected chi connectivity index (χ4v) is 3.20. The number of aryl methyl sites for hydroxylation is 1. The number of nitrogens with two attached hydrogens (primary N) is 1. The molecule has 0 spiro atoms. The summed E-state index contributed by atoms with van der Waals surface area (Å²) in [5.74, 6) is 0. The molecule has 112 valence electrons. The Morgan fingerprint density at radius 3 is 2.85 bits per heavy atom. The number of rotatable bonds is 4. The highest BCUT2D eigenvalue weighted by atomic mass is 15.2. The molecule has 0 saturated carbocycles. The minimum absolute atomic E-state index is 0.108. The topological polar surface area (TPSA) is 45.4 Å². The van der Waals surface area contributed by atoms with Gasteiger partial charge in [0.1, 0.15) is 0 Å². The lowest BCUT2D eigenvalue weighted by Crippen LogP contribution is -2.59. The van der Waals surface area contributed by atoms with Crippen LogP contribution in [0.15, 0.2) is 18.2 Å². The van der Waals surface area contributed by atoms with Gasteiger partial charge in [-0.25, -0.2) is 0 Å². The van der Waals surface area contributed by atoms with Gasteiger partial charge in [-0.2, -0.15) is 0 Å². The molecule has 2 unspecified atom stereocenters. The van der Waals surface area contributed by atoms with E-state index >= 15 is 0 Å². The lowest BCUT2D eigenvalue weighted by atomic mass is 9.82. The zero-order chi connectivity index (χ0) is 14.8. The van der Waals surface area contributed by atoms with Gasteiger partial charge in [-0.15, -0.1) is 0 Å². The van der Waals surface area contributed by atoms with Crippen molar-refractivity contribution >= 4 is 0 Å². The molecule has 2 rings (SSSR count). The molecule has 2 heterocycles. The van der Waals surface area contributed by atoms with Crippen LogP contribution in [-0.2, 0) is 6.54 Å². The van der Waals surface area contributed by atoms with Gasteiger partial charge in [0.15, 0.2) is 0 Å². The van der Waals surface area contributed by atoms with Gasteiger partial charge in [0, 0.05) is 30.4 Å². The number of hydrogen-bond donors (Lipinski definition) is 1. The molecular weight excluding hydrogens is 248 g/mol. The SMILES string of the molecule is Cc1cccc(CN(C)C2(CN)CCN(C)C(C)C2)n1. The van der Waals surface area contributed by atoms with E-state index in [-0.39, 0.29) is 5.54 Å². The minimum Gasteiger partial charge on any atom is -0.329 e. The molecule has 1 aliphatic rings. The number of hydrogen-bond acceptors (Lipinski definition) is 4. The summed E-state index contributed by atoms with van der Waals surface area (Å²) in [6, 6.07) is 6.81. The Bertz CT molecular complexity index is 448. The zero-order valence-corrected chi connectivity index (χ0v) is 13.3. The molecule has 4 nitrogen and oxygen atoms in total. The standard InChI is InChI=1S/C16H28N4/c1-13-6-5-7-15(18-13)11-20(4)16(12-17)8-9-19(3)14(2)10-16/h5-7,14H,8-12,17H2,1-4H3. The van der Waals surface area contributed by atoms with E-state index in [9.17, 15) is 0 Å². The number of piperidine rings is 1. The van der Waals surface area contributed by atoms with Crippen molar-refractivity contribution in [1.82, 2.24) is 14.8 Å². The Labute approximate surface area is 123 Å². The maximum absolute atomic E-state index is 6.15. The first-order chi connectivity index (χ1) is 9.47. The summed E-state index contributed by atoms with van der Waals surface area (Å²) in [7, 11) is 4.39. The summed E-state index contributed by atoms with van der Waals surface area (Å²) < 4.78 is 0. The van der Waals surface area contributed by atoms with Crippen LogP contribution in [0.25, 0.3) is 0 Å². The zero-order valence-electron chi connectivity index (χ0n) is 13.3. The van der Waals surface area contributed by atoms with Gasteiger partial charge >= 0.3 is 0 Å². The lowest BCUT2D eigenvalue weighted by Gasteiger charge is -2.49. The van der Waals surface area contributed by atoms with Crippen LogP contribution < -0.4 is 5.73 Å². The van der Waals surface area contributed by atoms with Crippen LogP contribution in [0.3, 0.4) is 0 Å². The van der Waals surface area contributed by atoms with Crippen molar-refractivity contribution in [2.45, 2.75) is 44.8 Å². The second-order valence-electron chi connectivity index (χ2n) is 6.34. The molecule has 0 aromatic carbocycles. The molecule has 1 aromatic heterocycles. The van der Waals surface area contributed by atoms with Crippen LogP contribution >= 0.6 is 0 Å². The van der Waals surface area contributed by atoms with E-state index in [1.165, 1.54) is 0 Å². The first kappa shape index (κ1) is 15.4. The predicted octanol–water partition coefficient (Wildman–Crippen LogP) is 1.63. The highest BCUT2D eigenvalue weighted by molar-refractivity contribution is 5.11. The summed E-state index contributed by atoms with van der Waals surface area (Å²) >= 11 is 0. The van der Waals surface area contributed by atoms with Gasteiger partial charge < -0.3 is 10.6 Å². The molecule has 0 aliphatic carbocycles. The van der Waals surface area contributed by atoms with E-state index in [1.54, 1.807) is 0 Å². The highest BCUT2D eigenvalue weighted by Gasteiger charge is 2.39. The van der Waals surface area contributed by atoms with E-state index in [4.69, 9.17) is 5.73 Å². The number of likely N-dealkylation sites (N-methyl/N-ethyl adjacent to an activating group) is 1. The van der Waals surface area contributed by atoms with Crippen LogP contribution in [-0.4, -0.2) is 53.5 Å². The van der Waals surface area contributed by atoms with E-state index in [0.29, 0.717) is 12.6 Å². The third-order valence-corrected chi connectivity index (χ3v) is 4.89. The largest absolute Gasteiger partial charge is 0.329 e. The Morgan fingerprint density at radius 2 is 2.25 bits per heavy atom. The Hall–Kier alpha value is -0.970. The van der Waals surface area contributed by atoms with E-state index in [1.807, 2.05) is 13.0 Å². The molecule has 1 fully saturated rings. The quantitative estimate of drug-likeness (QED) is 0.908. The lowest BCUT2D eigenvalue weighted by molar-refractivity contribution is 0.0215. The maximum Gasteiger partial charge on any atom is 0.0547 e. The van der Waals surface area contributed by atoms with Crippen LogP contribution in [0.1, 0.15) is 31.2 Å². The van der Waals surface area contributed by atoms with E-state index in [2.05, 4.69) is 47.9 Å². The van der Waals surface area contributed by atoms with Crippen LogP contribution in [0.2, 0.25) is 0 Å². The molecule has 20 heavy (non-hydrogen) atoms. The molecule has 4 heteroatoms. The maximum atomic E-state index is 6.15. The molecule has 1 aliphatic heterocycles. The van der Waals surface area contributed by atoms with Gasteiger partial charge in [-0.3, -0.25) is 9.88 Å². The molecule has 1 saturated heterocycles. The van der Waals surface area contributed by atoms with Gasteiger partial charge in [0.25, 0.3) is 0 Å². The van der Waals surface area contributed by atoms with Crippen LogP contribution in [0.4, 0.5) is 0 Å². The smallest absolute Gasteiger partial charge is 0.0547 e. The van der Waals surface area contributed by atoms with Crippen LogP contribution in [0, 0.1) is 6.92 Å². The Balaban J connectivity index is 2.11. The summed E-state index contributed by atoms with van der Waals surface area (Å²) in [6.45, 7) is 7.04. The summed E-state index contributed by atoms with van der Waals surface area (Å²) in [5.41, 5.74) is 8.47. The third-order valence-electron chi connectivity index (χ3n) is 4.89. The Kier molecular flexibility index (Phi) is 4.78. The van der Waals surface area contributed by atoms with Gasteiger partial charge in [-0.1, -0.05) is 6.07 Å². The number of pyridine rings is 1. The second kappa shape index (κ2) is 6.20. The molecule has 0 bridgehead atoms. The molecule has 2 N–H and O–H groups in total. The Morgan fingerprint density at radius 1 is 1.50 bits per heavy atom. The monoisotopic (exact) mass is 276 g/mol. The fraction of sp³-hybridized carbons (Fsp3) is 0.688. The minimum atomic E-state index is 0.108. The summed E-state index contributed by atoms with van der Waals surface area (Å²) in [4.78, 5) is 9.45. The van der Waals surface area contributed by atoms with E-state index < -0.39 is 0 Å².